The maximum absolute atomic E-state index is 12.3. The van der Waals surface area contributed by atoms with Crippen molar-refractivity contribution in [2.75, 3.05) is 5.32 Å². The van der Waals surface area contributed by atoms with Crippen molar-refractivity contribution in [2.24, 2.45) is 5.73 Å². The van der Waals surface area contributed by atoms with Gasteiger partial charge in [-0.2, -0.15) is 0 Å². The van der Waals surface area contributed by atoms with Gasteiger partial charge in [-0.05, 0) is 31.2 Å². The summed E-state index contributed by atoms with van der Waals surface area (Å²) >= 11 is 0. The second-order valence-electron chi connectivity index (χ2n) is 4.48. The highest BCUT2D eigenvalue weighted by molar-refractivity contribution is 6.06. The van der Waals surface area contributed by atoms with E-state index in [2.05, 4.69) is 5.32 Å². The molecule has 0 fully saturated rings. The summed E-state index contributed by atoms with van der Waals surface area (Å²) in [6.45, 7) is 1.54. The van der Waals surface area contributed by atoms with E-state index in [-0.39, 0.29) is 5.91 Å². The largest absolute Gasteiger partial charge is 0.480 e. The van der Waals surface area contributed by atoms with Crippen LogP contribution in [0.4, 0.5) is 5.69 Å². The third-order valence-corrected chi connectivity index (χ3v) is 2.87. The summed E-state index contributed by atoms with van der Waals surface area (Å²) < 4.78 is 5.43. The van der Waals surface area contributed by atoms with Gasteiger partial charge in [0.1, 0.15) is 5.75 Å². The van der Waals surface area contributed by atoms with Gasteiger partial charge in [0.2, 0.25) is 0 Å². The Bertz CT molecular complexity index is 641. The molecule has 2 aromatic carbocycles. The van der Waals surface area contributed by atoms with Crippen LogP contribution in [0.3, 0.4) is 0 Å². The van der Waals surface area contributed by atoms with Gasteiger partial charge in [-0.3, -0.25) is 9.59 Å². The van der Waals surface area contributed by atoms with Crippen LogP contribution in [0.15, 0.2) is 54.6 Å². The number of anilines is 1. The van der Waals surface area contributed by atoms with Gasteiger partial charge in [0.15, 0.2) is 6.10 Å². The van der Waals surface area contributed by atoms with E-state index in [9.17, 15) is 9.59 Å². The Balaban J connectivity index is 2.19. The fraction of sp³-hybridized carbons (Fsp3) is 0.125. The zero-order valence-corrected chi connectivity index (χ0v) is 11.6. The van der Waals surface area contributed by atoms with E-state index in [0.717, 1.165) is 0 Å². The minimum absolute atomic E-state index is 0.312. The van der Waals surface area contributed by atoms with Gasteiger partial charge in [0.05, 0.1) is 5.56 Å². The number of rotatable bonds is 5. The molecule has 0 saturated carbocycles. The Morgan fingerprint density at radius 3 is 2.33 bits per heavy atom. The Labute approximate surface area is 122 Å². The molecule has 0 radical (unpaired) electrons. The number of amides is 2. The van der Waals surface area contributed by atoms with Crippen molar-refractivity contribution >= 4 is 17.5 Å². The molecule has 3 N–H and O–H groups in total. The third kappa shape index (κ3) is 3.82. The van der Waals surface area contributed by atoms with Gasteiger partial charge in [-0.25, -0.2) is 0 Å². The van der Waals surface area contributed by atoms with Crippen molar-refractivity contribution < 1.29 is 14.3 Å². The molecule has 0 aliphatic rings. The van der Waals surface area contributed by atoms with Crippen molar-refractivity contribution in [1.82, 2.24) is 0 Å². The first kappa shape index (κ1) is 14.6. The lowest BCUT2D eigenvalue weighted by Gasteiger charge is -2.14. The number of carbonyl (C=O) groups excluding carboxylic acids is 2. The summed E-state index contributed by atoms with van der Waals surface area (Å²) in [5, 5.41) is 2.77. The summed E-state index contributed by atoms with van der Waals surface area (Å²) in [4.78, 5) is 23.4. The Kier molecular flexibility index (Phi) is 4.56. The second-order valence-corrected chi connectivity index (χ2v) is 4.48. The summed E-state index contributed by atoms with van der Waals surface area (Å²) in [5.74, 6) is -0.584. The molecular weight excluding hydrogens is 268 g/mol. The van der Waals surface area contributed by atoms with Gasteiger partial charge >= 0.3 is 0 Å². The molecule has 0 spiro atoms. The molecule has 2 aromatic rings. The molecule has 2 rings (SSSR count). The van der Waals surface area contributed by atoms with Crippen LogP contribution >= 0.6 is 0 Å². The molecule has 0 aliphatic carbocycles. The summed E-state index contributed by atoms with van der Waals surface area (Å²) in [6, 6.07) is 15.8. The molecule has 5 nitrogen and oxygen atoms in total. The second kappa shape index (κ2) is 6.56. The highest BCUT2D eigenvalue weighted by Crippen LogP contribution is 2.21. The van der Waals surface area contributed by atoms with Crippen molar-refractivity contribution in [3.63, 3.8) is 0 Å². The lowest BCUT2D eigenvalue weighted by atomic mass is 10.1. The first-order valence-corrected chi connectivity index (χ1v) is 6.49. The quantitative estimate of drug-likeness (QED) is 0.883. The number of para-hydroxylation sites is 2. The summed E-state index contributed by atoms with van der Waals surface area (Å²) in [5.41, 5.74) is 6.19. The van der Waals surface area contributed by atoms with Gasteiger partial charge in [0.25, 0.3) is 11.8 Å². The first-order valence-electron chi connectivity index (χ1n) is 6.49. The monoisotopic (exact) mass is 284 g/mol. The molecule has 0 saturated heterocycles. The molecule has 0 aromatic heterocycles. The molecule has 2 amide bonds. The van der Waals surface area contributed by atoms with Crippen LogP contribution in [0.1, 0.15) is 17.3 Å². The van der Waals surface area contributed by atoms with Crippen LogP contribution < -0.4 is 15.8 Å². The Morgan fingerprint density at radius 2 is 1.67 bits per heavy atom. The van der Waals surface area contributed by atoms with E-state index in [1.54, 1.807) is 36.4 Å². The number of hydrogen-bond donors (Lipinski definition) is 2. The van der Waals surface area contributed by atoms with Crippen LogP contribution in [0.25, 0.3) is 0 Å². The van der Waals surface area contributed by atoms with E-state index >= 15 is 0 Å². The number of ether oxygens (including phenoxy) is 1. The number of carbonyl (C=O) groups is 2. The molecule has 21 heavy (non-hydrogen) atoms. The Hall–Kier alpha value is -2.82. The maximum Gasteiger partial charge on any atom is 0.259 e. The molecule has 0 unspecified atom stereocenters. The smallest absolute Gasteiger partial charge is 0.259 e. The number of nitrogens with one attached hydrogen (secondary N) is 1. The summed E-state index contributed by atoms with van der Waals surface area (Å²) in [6.07, 6.45) is -0.810. The zero-order valence-electron chi connectivity index (χ0n) is 11.6. The van der Waals surface area contributed by atoms with E-state index in [1.807, 2.05) is 18.2 Å². The standard InChI is InChI=1S/C16H16N2O3/c1-11(15(17)19)21-14-10-6-5-9-13(14)16(20)18-12-7-3-2-4-8-12/h2-11H,1H3,(H2,17,19)(H,18,20)/t11-/m0/s1. The van der Waals surface area contributed by atoms with Gasteiger partial charge in [0, 0.05) is 5.69 Å². The van der Waals surface area contributed by atoms with Crippen molar-refractivity contribution in [1.29, 1.82) is 0 Å². The Morgan fingerprint density at radius 1 is 1.05 bits per heavy atom. The number of primary amides is 1. The molecule has 0 bridgehead atoms. The SMILES string of the molecule is C[C@H](Oc1ccccc1C(=O)Nc1ccccc1)C(N)=O. The third-order valence-electron chi connectivity index (χ3n) is 2.87. The first-order chi connectivity index (χ1) is 10.1. The van der Waals surface area contributed by atoms with Crippen LogP contribution in [0.2, 0.25) is 0 Å². The summed E-state index contributed by atoms with van der Waals surface area (Å²) in [7, 11) is 0. The van der Waals surface area contributed by atoms with Crippen LogP contribution in [-0.2, 0) is 4.79 Å². The van der Waals surface area contributed by atoms with Crippen molar-refractivity contribution in [2.45, 2.75) is 13.0 Å². The van der Waals surface area contributed by atoms with E-state index < -0.39 is 12.0 Å². The normalized spacial score (nSPS) is 11.5. The average molecular weight is 284 g/mol. The van der Waals surface area contributed by atoms with Crippen LogP contribution in [0, 0.1) is 0 Å². The minimum atomic E-state index is -0.810. The number of hydrogen-bond acceptors (Lipinski definition) is 3. The van der Waals surface area contributed by atoms with Gasteiger partial charge < -0.3 is 15.8 Å². The van der Waals surface area contributed by atoms with E-state index in [4.69, 9.17) is 10.5 Å². The van der Waals surface area contributed by atoms with Gasteiger partial charge in [-0.1, -0.05) is 30.3 Å². The topological polar surface area (TPSA) is 81.4 Å². The minimum Gasteiger partial charge on any atom is -0.480 e. The van der Waals surface area contributed by atoms with Crippen LogP contribution in [-0.4, -0.2) is 17.9 Å². The molecule has 0 heterocycles. The molecule has 5 heteroatoms. The molecular formula is C16H16N2O3. The molecule has 0 aliphatic heterocycles. The average Bonchev–Trinajstić information content (AvgIpc) is 2.48. The maximum atomic E-state index is 12.3. The van der Waals surface area contributed by atoms with E-state index in [0.29, 0.717) is 17.0 Å². The van der Waals surface area contributed by atoms with Crippen molar-refractivity contribution in [3.05, 3.63) is 60.2 Å². The fourth-order valence-corrected chi connectivity index (χ4v) is 1.73. The fourth-order valence-electron chi connectivity index (χ4n) is 1.73. The number of benzene rings is 2. The molecule has 1 atom stereocenters. The molecule has 108 valence electrons. The zero-order chi connectivity index (χ0) is 15.2. The lowest BCUT2D eigenvalue weighted by Crippen LogP contribution is -2.31. The van der Waals surface area contributed by atoms with E-state index in [1.165, 1.54) is 6.92 Å². The van der Waals surface area contributed by atoms with Crippen LogP contribution in [0.5, 0.6) is 5.75 Å². The number of nitrogens with two attached hydrogens (primary N) is 1. The lowest BCUT2D eigenvalue weighted by molar-refractivity contribution is -0.124. The highest BCUT2D eigenvalue weighted by atomic mass is 16.5. The predicted octanol–water partition coefficient (Wildman–Crippen LogP) is 2.19. The van der Waals surface area contributed by atoms with Crippen molar-refractivity contribution in [3.8, 4) is 5.75 Å². The van der Waals surface area contributed by atoms with Gasteiger partial charge in [-0.15, -0.1) is 0 Å². The highest BCUT2D eigenvalue weighted by Gasteiger charge is 2.16. The predicted molar refractivity (Wildman–Crippen MR) is 80.1 cm³/mol.